The van der Waals surface area contributed by atoms with E-state index >= 15 is 0 Å². The Balaban J connectivity index is 2.00. The van der Waals surface area contributed by atoms with Gasteiger partial charge < -0.3 is 4.90 Å². The van der Waals surface area contributed by atoms with Crippen LogP contribution in [-0.4, -0.2) is 30.9 Å². The van der Waals surface area contributed by atoms with Gasteiger partial charge in [-0.15, -0.1) is 0 Å². The molecule has 1 heterocycles. The van der Waals surface area contributed by atoms with E-state index < -0.39 is 0 Å². The first-order valence-corrected chi connectivity index (χ1v) is 6.47. The first kappa shape index (κ1) is 11.3. The second kappa shape index (κ2) is 4.45. The summed E-state index contributed by atoms with van der Waals surface area (Å²) < 4.78 is 0. The molecule has 0 aromatic heterocycles. The van der Waals surface area contributed by atoms with E-state index in [0.29, 0.717) is 0 Å². The predicted octanol–water partition coefficient (Wildman–Crippen LogP) is 3.03. The minimum atomic E-state index is 0.943. The zero-order valence-corrected chi connectivity index (χ0v) is 11.0. The molecule has 0 radical (unpaired) electrons. The van der Waals surface area contributed by atoms with Crippen molar-refractivity contribution >= 4 is 16.6 Å². The van der Waals surface area contributed by atoms with Crippen LogP contribution in [0.15, 0.2) is 41.4 Å². The molecule has 3 rings (SSSR count). The average Bonchev–Trinajstić information content (AvgIpc) is 2.79. The third-order valence-electron chi connectivity index (χ3n) is 3.83. The first-order chi connectivity index (χ1) is 8.75. The summed E-state index contributed by atoms with van der Waals surface area (Å²) in [7, 11) is 2.13. The molecule has 0 saturated carbocycles. The fourth-order valence-corrected chi connectivity index (χ4v) is 2.60. The monoisotopic (exact) mass is 238 g/mol. The lowest BCUT2D eigenvalue weighted by Crippen LogP contribution is -2.24. The standard InChI is InChI=1S/C16H18N2/c1-12-14(11-16-17-9-10-18(16)2)8-7-13-5-3-4-6-15(12)13/h3-8H,9-11H2,1-2H3. The highest BCUT2D eigenvalue weighted by Gasteiger charge is 2.14. The van der Waals surface area contributed by atoms with Crippen molar-refractivity contribution in [3.63, 3.8) is 0 Å². The molecule has 0 unspecified atom stereocenters. The van der Waals surface area contributed by atoms with Crippen LogP contribution in [0.25, 0.3) is 10.8 Å². The maximum absolute atomic E-state index is 4.58. The molecule has 0 amide bonds. The van der Waals surface area contributed by atoms with Crippen molar-refractivity contribution in [1.82, 2.24) is 4.90 Å². The van der Waals surface area contributed by atoms with Gasteiger partial charge in [-0.25, -0.2) is 0 Å². The van der Waals surface area contributed by atoms with Gasteiger partial charge in [-0.1, -0.05) is 36.4 Å². The van der Waals surface area contributed by atoms with Crippen LogP contribution in [-0.2, 0) is 6.42 Å². The molecule has 2 heteroatoms. The van der Waals surface area contributed by atoms with Crippen molar-refractivity contribution in [1.29, 1.82) is 0 Å². The lowest BCUT2D eigenvalue weighted by atomic mass is 9.98. The fourth-order valence-electron chi connectivity index (χ4n) is 2.60. The summed E-state index contributed by atoms with van der Waals surface area (Å²) in [5, 5.41) is 2.68. The van der Waals surface area contributed by atoms with E-state index in [1.807, 2.05) is 0 Å². The highest BCUT2D eigenvalue weighted by atomic mass is 15.2. The zero-order chi connectivity index (χ0) is 12.5. The van der Waals surface area contributed by atoms with Crippen LogP contribution >= 0.6 is 0 Å². The maximum atomic E-state index is 4.58. The lowest BCUT2D eigenvalue weighted by Gasteiger charge is -2.15. The van der Waals surface area contributed by atoms with Gasteiger partial charge in [0.1, 0.15) is 5.84 Å². The normalized spacial score (nSPS) is 15.2. The van der Waals surface area contributed by atoms with Gasteiger partial charge in [0, 0.05) is 20.0 Å². The molecule has 2 aromatic rings. The molecular formula is C16H18N2. The van der Waals surface area contributed by atoms with E-state index in [-0.39, 0.29) is 0 Å². The van der Waals surface area contributed by atoms with Crippen LogP contribution in [0.4, 0.5) is 0 Å². The van der Waals surface area contributed by atoms with Gasteiger partial charge in [0.05, 0.1) is 6.54 Å². The van der Waals surface area contributed by atoms with Gasteiger partial charge in [0.15, 0.2) is 0 Å². The molecule has 0 atom stereocenters. The van der Waals surface area contributed by atoms with Crippen LogP contribution in [0.2, 0.25) is 0 Å². The zero-order valence-electron chi connectivity index (χ0n) is 11.0. The van der Waals surface area contributed by atoms with E-state index in [2.05, 4.69) is 60.3 Å². The molecule has 0 spiro atoms. The van der Waals surface area contributed by atoms with Gasteiger partial charge in [-0.05, 0) is 28.8 Å². The largest absolute Gasteiger partial charge is 0.361 e. The van der Waals surface area contributed by atoms with Crippen LogP contribution < -0.4 is 0 Å². The quantitative estimate of drug-likeness (QED) is 0.785. The molecule has 2 aromatic carbocycles. The number of amidine groups is 1. The summed E-state index contributed by atoms with van der Waals surface area (Å²) in [6, 6.07) is 13.0. The Bertz CT molecular complexity index is 614. The van der Waals surface area contributed by atoms with E-state index in [1.54, 1.807) is 0 Å². The third kappa shape index (κ3) is 1.88. The molecule has 1 aliphatic rings. The first-order valence-electron chi connectivity index (χ1n) is 6.47. The van der Waals surface area contributed by atoms with E-state index in [1.165, 1.54) is 27.7 Å². The molecule has 2 nitrogen and oxygen atoms in total. The van der Waals surface area contributed by atoms with Crippen molar-refractivity contribution in [3.05, 3.63) is 47.5 Å². The number of aliphatic imine (C=N–C) groups is 1. The average molecular weight is 238 g/mol. The number of nitrogens with zero attached hydrogens (tertiary/aromatic N) is 2. The Kier molecular flexibility index (Phi) is 2.78. The van der Waals surface area contributed by atoms with Gasteiger partial charge >= 0.3 is 0 Å². The summed E-state index contributed by atoms with van der Waals surface area (Å²) in [4.78, 5) is 6.83. The Morgan fingerprint density at radius 2 is 2.00 bits per heavy atom. The fraction of sp³-hybridized carbons (Fsp3) is 0.312. The van der Waals surface area contributed by atoms with Crippen molar-refractivity contribution in [3.8, 4) is 0 Å². The molecule has 1 aliphatic heterocycles. The van der Waals surface area contributed by atoms with Crippen LogP contribution in [0, 0.1) is 6.92 Å². The van der Waals surface area contributed by atoms with Crippen molar-refractivity contribution in [2.75, 3.05) is 20.1 Å². The summed E-state index contributed by atoms with van der Waals surface area (Å²) in [5.41, 5.74) is 2.78. The Morgan fingerprint density at radius 3 is 2.78 bits per heavy atom. The second-order valence-electron chi connectivity index (χ2n) is 4.97. The molecule has 0 bridgehead atoms. The number of likely N-dealkylation sites (N-methyl/N-ethyl adjacent to an activating group) is 1. The molecule has 0 fully saturated rings. The van der Waals surface area contributed by atoms with Gasteiger partial charge in [0.25, 0.3) is 0 Å². The van der Waals surface area contributed by atoms with Crippen LogP contribution in [0.5, 0.6) is 0 Å². The third-order valence-corrected chi connectivity index (χ3v) is 3.83. The molecule has 0 saturated heterocycles. The number of fused-ring (bicyclic) bond motifs is 1. The summed E-state index contributed by atoms with van der Waals surface area (Å²) in [6.07, 6.45) is 0.952. The molecule has 92 valence electrons. The molecule has 0 N–H and O–H groups in total. The Labute approximate surface area is 108 Å². The topological polar surface area (TPSA) is 15.6 Å². The second-order valence-corrected chi connectivity index (χ2v) is 4.97. The van der Waals surface area contributed by atoms with Gasteiger partial charge in [-0.2, -0.15) is 0 Å². The minimum absolute atomic E-state index is 0.943. The molecule has 18 heavy (non-hydrogen) atoms. The summed E-state index contributed by atoms with van der Waals surface area (Å²) in [5.74, 6) is 1.22. The summed E-state index contributed by atoms with van der Waals surface area (Å²) >= 11 is 0. The minimum Gasteiger partial charge on any atom is -0.361 e. The summed E-state index contributed by atoms with van der Waals surface area (Å²) in [6.45, 7) is 4.22. The number of aryl methyl sites for hydroxylation is 1. The molecular weight excluding hydrogens is 220 g/mol. The number of benzene rings is 2. The van der Waals surface area contributed by atoms with Gasteiger partial charge in [0.2, 0.25) is 0 Å². The van der Waals surface area contributed by atoms with Crippen molar-refractivity contribution in [2.45, 2.75) is 13.3 Å². The number of rotatable bonds is 2. The highest BCUT2D eigenvalue weighted by Crippen LogP contribution is 2.22. The maximum Gasteiger partial charge on any atom is 0.103 e. The SMILES string of the molecule is Cc1c(CC2=NCCN2C)ccc2ccccc12. The van der Waals surface area contributed by atoms with Crippen LogP contribution in [0.3, 0.4) is 0 Å². The Hall–Kier alpha value is -1.83. The predicted molar refractivity (Wildman–Crippen MR) is 77.3 cm³/mol. The Morgan fingerprint density at radius 1 is 1.17 bits per heavy atom. The smallest absolute Gasteiger partial charge is 0.103 e. The van der Waals surface area contributed by atoms with E-state index in [4.69, 9.17) is 0 Å². The molecule has 0 aliphatic carbocycles. The highest BCUT2D eigenvalue weighted by molar-refractivity contribution is 5.90. The van der Waals surface area contributed by atoms with E-state index in [0.717, 1.165) is 19.5 Å². The van der Waals surface area contributed by atoms with E-state index in [9.17, 15) is 0 Å². The van der Waals surface area contributed by atoms with Crippen molar-refractivity contribution < 1.29 is 0 Å². The number of hydrogen-bond acceptors (Lipinski definition) is 2. The number of hydrogen-bond donors (Lipinski definition) is 0. The lowest BCUT2D eigenvalue weighted by molar-refractivity contribution is 0.548. The van der Waals surface area contributed by atoms with Crippen LogP contribution in [0.1, 0.15) is 11.1 Å². The van der Waals surface area contributed by atoms with Crippen molar-refractivity contribution in [2.24, 2.45) is 4.99 Å². The van der Waals surface area contributed by atoms with Gasteiger partial charge in [-0.3, -0.25) is 4.99 Å².